The Bertz CT molecular complexity index is 458. The first kappa shape index (κ1) is 13.6. The van der Waals surface area contributed by atoms with Crippen LogP contribution in [0.5, 0.6) is 0 Å². The zero-order valence-electron chi connectivity index (χ0n) is 10.3. The maximum Gasteiger partial charge on any atom is 0.0234 e. The predicted octanol–water partition coefficient (Wildman–Crippen LogP) is 3.77. The molecule has 1 aromatic carbocycles. The fourth-order valence-electron chi connectivity index (χ4n) is 2.46. The lowest BCUT2D eigenvalue weighted by Crippen LogP contribution is -2.25. The fourth-order valence-corrected chi connectivity index (χ4v) is 3.39. The van der Waals surface area contributed by atoms with Gasteiger partial charge in [-0.05, 0) is 35.4 Å². The third kappa shape index (κ3) is 3.14. The Morgan fingerprint density at radius 1 is 1.00 bits per heavy atom. The van der Waals surface area contributed by atoms with Crippen molar-refractivity contribution in [2.75, 3.05) is 13.1 Å². The van der Waals surface area contributed by atoms with Crippen molar-refractivity contribution in [2.45, 2.75) is 19.4 Å². The number of benzene rings is 1. The predicted molar refractivity (Wildman–Crippen MR) is 80.7 cm³/mol. The molecule has 0 aliphatic carbocycles. The van der Waals surface area contributed by atoms with E-state index in [0.717, 1.165) is 6.54 Å². The first-order valence-electron chi connectivity index (χ1n) is 6.23. The average molecular weight is 280 g/mol. The molecule has 18 heavy (non-hydrogen) atoms. The molecule has 2 heterocycles. The van der Waals surface area contributed by atoms with Gasteiger partial charge in [0.05, 0.1) is 0 Å². The van der Waals surface area contributed by atoms with E-state index >= 15 is 0 Å². The Labute approximate surface area is 119 Å². The van der Waals surface area contributed by atoms with Crippen molar-refractivity contribution in [1.82, 2.24) is 4.90 Å². The van der Waals surface area contributed by atoms with Crippen LogP contribution >= 0.6 is 23.7 Å². The second-order valence-corrected chi connectivity index (χ2v) is 5.63. The van der Waals surface area contributed by atoms with Crippen LogP contribution in [-0.2, 0) is 19.4 Å². The van der Waals surface area contributed by atoms with E-state index in [1.165, 1.54) is 31.5 Å². The highest BCUT2D eigenvalue weighted by Gasteiger charge is 2.14. The molecule has 0 bridgehead atoms. The molecule has 96 valence electrons. The topological polar surface area (TPSA) is 3.24 Å². The van der Waals surface area contributed by atoms with Gasteiger partial charge in [-0.1, -0.05) is 30.3 Å². The van der Waals surface area contributed by atoms with Gasteiger partial charge in [0, 0.05) is 24.5 Å². The number of hydrogen-bond acceptors (Lipinski definition) is 2. The van der Waals surface area contributed by atoms with Gasteiger partial charge in [0.15, 0.2) is 0 Å². The molecule has 0 N–H and O–H groups in total. The summed E-state index contributed by atoms with van der Waals surface area (Å²) in [4.78, 5) is 4.17. The molecule has 3 rings (SSSR count). The number of thiophene rings is 1. The third-order valence-corrected chi connectivity index (χ3v) is 4.46. The van der Waals surface area contributed by atoms with Gasteiger partial charge in [-0.15, -0.1) is 23.7 Å². The van der Waals surface area contributed by atoms with Crippen molar-refractivity contribution in [3.05, 3.63) is 57.8 Å². The molecule has 2 aromatic rings. The molecule has 1 nitrogen and oxygen atoms in total. The number of rotatable bonds is 2. The Balaban J connectivity index is 0.00000120. The largest absolute Gasteiger partial charge is 0.298 e. The minimum atomic E-state index is 0. The second kappa shape index (κ2) is 6.37. The van der Waals surface area contributed by atoms with Gasteiger partial charge >= 0.3 is 0 Å². The Morgan fingerprint density at radius 2 is 1.78 bits per heavy atom. The molecule has 0 radical (unpaired) electrons. The van der Waals surface area contributed by atoms with E-state index in [-0.39, 0.29) is 12.4 Å². The number of nitrogens with zero attached hydrogens (tertiary/aromatic N) is 1. The normalized spacial score (nSPS) is 15.6. The SMILES string of the molecule is Cl.c1ccc(CN2CCc3ccsc3CC2)cc1. The number of halogens is 1. The first-order chi connectivity index (χ1) is 8.42. The molecule has 0 atom stereocenters. The minimum Gasteiger partial charge on any atom is -0.298 e. The lowest BCUT2D eigenvalue weighted by molar-refractivity contribution is 0.279. The van der Waals surface area contributed by atoms with Gasteiger partial charge in [-0.25, -0.2) is 0 Å². The molecule has 1 aromatic heterocycles. The lowest BCUT2D eigenvalue weighted by atomic mass is 10.2. The summed E-state index contributed by atoms with van der Waals surface area (Å²) < 4.78 is 0. The molecular weight excluding hydrogens is 262 g/mol. The van der Waals surface area contributed by atoms with Crippen LogP contribution in [0.15, 0.2) is 41.8 Å². The van der Waals surface area contributed by atoms with E-state index in [1.54, 1.807) is 10.4 Å². The molecule has 0 saturated carbocycles. The zero-order valence-corrected chi connectivity index (χ0v) is 12.0. The quantitative estimate of drug-likeness (QED) is 0.809. The van der Waals surface area contributed by atoms with E-state index < -0.39 is 0 Å². The van der Waals surface area contributed by atoms with E-state index in [0.29, 0.717) is 0 Å². The molecule has 1 aliphatic rings. The molecule has 0 amide bonds. The van der Waals surface area contributed by atoms with Crippen molar-refractivity contribution < 1.29 is 0 Å². The van der Waals surface area contributed by atoms with Gasteiger partial charge in [0.2, 0.25) is 0 Å². The van der Waals surface area contributed by atoms with Crippen LogP contribution in [0.2, 0.25) is 0 Å². The van der Waals surface area contributed by atoms with Crippen LogP contribution in [0.3, 0.4) is 0 Å². The monoisotopic (exact) mass is 279 g/mol. The first-order valence-corrected chi connectivity index (χ1v) is 7.11. The highest BCUT2D eigenvalue weighted by atomic mass is 35.5. The molecule has 1 aliphatic heterocycles. The zero-order chi connectivity index (χ0) is 11.5. The van der Waals surface area contributed by atoms with E-state index in [2.05, 4.69) is 46.7 Å². The Morgan fingerprint density at radius 3 is 2.61 bits per heavy atom. The molecular formula is C15H18ClNS. The number of fused-ring (bicyclic) bond motifs is 1. The number of hydrogen-bond donors (Lipinski definition) is 0. The van der Waals surface area contributed by atoms with Crippen LogP contribution in [0.1, 0.15) is 16.0 Å². The summed E-state index contributed by atoms with van der Waals surface area (Å²) in [6.45, 7) is 3.48. The van der Waals surface area contributed by atoms with Crippen LogP contribution in [0, 0.1) is 0 Å². The maximum atomic E-state index is 2.57. The average Bonchev–Trinajstić information content (AvgIpc) is 2.74. The molecule has 0 fully saturated rings. The van der Waals surface area contributed by atoms with Crippen LogP contribution in [0.25, 0.3) is 0 Å². The molecule has 3 heteroatoms. The Hall–Kier alpha value is -0.830. The Kier molecular flexibility index (Phi) is 4.81. The van der Waals surface area contributed by atoms with Crippen LogP contribution < -0.4 is 0 Å². The molecule has 0 spiro atoms. The van der Waals surface area contributed by atoms with Gasteiger partial charge < -0.3 is 0 Å². The summed E-state index contributed by atoms with van der Waals surface area (Å²) in [6.07, 6.45) is 2.44. The summed E-state index contributed by atoms with van der Waals surface area (Å²) in [5.74, 6) is 0. The highest BCUT2D eigenvalue weighted by molar-refractivity contribution is 7.10. The van der Waals surface area contributed by atoms with Crippen molar-refractivity contribution in [3.8, 4) is 0 Å². The van der Waals surface area contributed by atoms with Gasteiger partial charge in [0.25, 0.3) is 0 Å². The van der Waals surface area contributed by atoms with Crippen molar-refractivity contribution in [2.24, 2.45) is 0 Å². The van der Waals surface area contributed by atoms with Crippen molar-refractivity contribution in [3.63, 3.8) is 0 Å². The third-order valence-electron chi connectivity index (χ3n) is 3.44. The maximum absolute atomic E-state index is 2.57. The van der Waals surface area contributed by atoms with Crippen molar-refractivity contribution >= 4 is 23.7 Å². The summed E-state index contributed by atoms with van der Waals surface area (Å²) in [7, 11) is 0. The van der Waals surface area contributed by atoms with Crippen LogP contribution in [-0.4, -0.2) is 18.0 Å². The fraction of sp³-hybridized carbons (Fsp3) is 0.333. The van der Waals surface area contributed by atoms with Gasteiger partial charge in [0.1, 0.15) is 0 Å². The molecule has 0 saturated heterocycles. The van der Waals surface area contributed by atoms with E-state index in [9.17, 15) is 0 Å². The van der Waals surface area contributed by atoms with Gasteiger partial charge in [-0.2, -0.15) is 0 Å². The van der Waals surface area contributed by atoms with Crippen LogP contribution in [0.4, 0.5) is 0 Å². The summed E-state index contributed by atoms with van der Waals surface area (Å²) in [5, 5.41) is 2.23. The molecule has 0 unspecified atom stereocenters. The van der Waals surface area contributed by atoms with Gasteiger partial charge in [-0.3, -0.25) is 4.90 Å². The van der Waals surface area contributed by atoms with Crippen molar-refractivity contribution in [1.29, 1.82) is 0 Å². The smallest absolute Gasteiger partial charge is 0.0234 e. The second-order valence-electron chi connectivity index (χ2n) is 4.63. The van der Waals surface area contributed by atoms with E-state index in [4.69, 9.17) is 0 Å². The summed E-state index contributed by atoms with van der Waals surface area (Å²) in [6, 6.07) is 13.1. The summed E-state index contributed by atoms with van der Waals surface area (Å²) >= 11 is 1.92. The van der Waals surface area contributed by atoms with E-state index in [1.807, 2.05) is 11.3 Å². The lowest BCUT2D eigenvalue weighted by Gasteiger charge is -2.19. The standard InChI is InChI=1S/C15H17NS.ClH/c1-2-4-13(5-3-1)12-16-9-6-14-8-11-17-15(14)7-10-16;/h1-5,8,11H,6-7,9-10,12H2;1H. The highest BCUT2D eigenvalue weighted by Crippen LogP contribution is 2.22. The minimum absolute atomic E-state index is 0. The summed E-state index contributed by atoms with van der Waals surface area (Å²) in [5.41, 5.74) is 3.00.